The highest BCUT2D eigenvalue weighted by molar-refractivity contribution is 5.71. The van der Waals surface area contributed by atoms with E-state index in [1.54, 1.807) is 11.5 Å². The molecule has 12 heavy (non-hydrogen) atoms. The van der Waals surface area contributed by atoms with Crippen molar-refractivity contribution in [1.29, 1.82) is 0 Å². The fourth-order valence-corrected chi connectivity index (χ4v) is 1.04. The van der Waals surface area contributed by atoms with Crippen molar-refractivity contribution < 1.29 is 9.90 Å². The summed E-state index contributed by atoms with van der Waals surface area (Å²) in [4.78, 5) is 10.6. The van der Waals surface area contributed by atoms with Crippen molar-refractivity contribution in [1.82, 2.24) is 4.57 Å². The zero-order valence-electron chi connectivity index (χ0n) is 7.53. The monoisotopic (exact) mass is 167 g/mol. The standard InChI is InChI=1S/C9H13NO2/c1-6-4-10(5-7(6)2)8(3)9(11)12/h4-5,8H,1-3H3,(H,11,12)/t8-/m0/s1. The molecule has 1 rings (SSSR count). The number of carboxylic acid groups (broad SMARTS) is 1. The Morgan fingerprint density at radius 3 is 2.17 bits per heavy atom. The molecule has 3 nitrogen and oxygen atoms in total. The van der Waals surface area contributed by atoms with Gasteiger partial charge in [0.05, 0.1) is 0 Å². The molecule has 0 spiro atoms. The molecule has 0 unspecified atom stereocenters. The van der Waals surface area contributed by atoms with E-state index in [0.29, 0.717) is 0 Å². The molecule has 0 fully saturated rings. The zero-order valence-corrected chi connectivity index (χ0v) is 7.53. The van der Waals surface area contributed by atoms with E-state index < -0.39 is 12.0 Å². The summed E-state index contributed by atoms with van der Waals surface area (Å²) in [7, 11) is 0. The van der Waals surface area contributed by atoms with Crippen molar-refractivity contribution in [3.05, 3.63) is 23.5 Å². The second-order valence-electron chi connectivity index (χ2n) is 3.09. The van der Waals surface area contributed by atoms with Gasteiger partial charge in [-0.05, 0) is 31.9 Å². The van der Waals surface area contributed by atoms with E-state index in [4.69, 9.17) is 5.11 Å². The first-order valence-electron chi connectivity index (χ1n) is 3.90. The number of nitrogens with zero attached hydrogens (tertiary/aromatic N) is 1. The van der Waals surface area contributed by atoms with Crippen molar-refractivity contribution in [3.63, 3.8) is 0 Å². The normalized spacial score (nSPS) is 12.9. The van der Waals surface area contributed by atoms with Gasteiger partial charge >= 0.3 is 5.97 Å². The minimum absolute atomic E-state index is 0.475. The van der Waals surface area contributed by atoms with Gasteiger partial charge in [0, 0.05) is 12.4 Å². The molecule has 0 radical (unpaired) electrons. The van der Waals surface area contributed by atoms with Gasteiger partial charge in [-0.3, -0.25) is 0 Å². The molecule has 3 heteroatoms. The number of carbonyl (C=O) groups is 1. The van der Waals surface area contributed by atoms with Crippen LogP contribution in [0.15, 0.2) is 12.4 Å². The molecule has 0 aliphatic carbocycles. The number of aryl methyl sites for hydroxylation is 2. The Bertz CT molecular complexity index is 282. The van der Waals surface area contributed by atoms with Crippen LogP contribution in [0.3, 0.4) is 0 Å². The topological polar surface area (TPSA) is 42.2 Å². The van der Waals surface area contributed by atoms with Gasteiger partial charge in [-0.15, -0.1) is 0 Å². The van der Waals surface area contributed by atoms with Gasteiger partial charge in [0.25, 0.3) is 0 Å². The first-order chi connectivity index (χ1) is 5.52. The van der Waals surface area contributed by atoms with E-state index in [2.05, 4.69) is 0 Å². The maximum atomic E-state index is 10.6. The number of rotatable bonds is 2. The van der Waals surface area contributed by atoms with Crippen molar-refractivity contribution in [2.24, 2.45) is 0 Å². The van der Waals surface area contributed by atoms with Gasteiger partial charge in [-0.1, -0.05) is 0 Å². The van der Waals surface area contributed by atoms with Crippen LogP contribution in [-0.4, -0.2) is 15.6 Å². The molecule has 1 N–H and O–H groups in total. The SMILES string of the molecule is Cc1cn([C@@H](C)C(=O)O)cc1C. The lowest BCUT2D eigenvalue weighted by Crippen LogP contribution is -2.13. The summed E-state index contributed by atoms with van der Waals surface area (Å²) >= 11 is 0. The summed E-state index contributed by atoms with van der Waals surface area (Å²) in [6.45, 7) is 5.61. The Hall–Kier alpha value is -1.25. The van der Waals surface area contributed by atoms with E-state index in [0.717, 1.165) is 11.1 Å². The van der Waals surface area contributed by atoms with Gasteiger partial charge in [0.15, 0.2) is 0 Å². The quantitative estimate of drug-likeness (QED) is 0.729. The molecule has 1 aromatic heterocycles. The van der Waals surface area contributed by atoms with Crippen LogP contribution >= 0.6 is 0 Å². The molecule has 0 aliphatic rings. The summed E-state index contributed by atoms with van der Waals surface area (Å²) in [5.41, 5.74) is 2.26. The molecule has 0 aliphatic heterocycles. The van der Waals surface area contributed by atoms with E-state index in [-0.39, 0.29) is 0 Å². The second kappa shape index (κ2) is 3.01. The first kappa shape index (κ1) is 8.84. The predicted molar refractivity (Wildman–Crippen MR) is 46.3 cm³/mol. The van der Waals surface area contributed by atoms with E-state index >= 15 is 0 Å². The van der Waals surface area contributed by atoms with Crippen LogP contribution in [0.25, 0.3) is 0 Å². The largest absolute Gasteiger partial charge is 0.480 e. The van der Waals surface area contributed by atoms with Gasteiger partial charge in [0.1, 0.15) is 6.04 Å². The maximum Gasteiger partial charge on any atom is 0.326 e. The lowest BCUT2D eigenvalue weighted by molar-refractivity contribution is -0.140. The first-order valence-corrected chi connectivity index (χ1v) is 3.90. The van der Waals surface area contributed by atoms with Gasteiger partial charge in [-0.2, -0.15) is 0 Å². The molecule has 0 amide bonds. The molecule has 0 bridgehead atoms. The smallest absolute Gasteiger partial charge is 0.326 e. The van der Waals surface area contributed by atoms with Crippen LogP contribution in [0.4, 0.5) is 0 Å². The number of aromatic nitrogens is 1. The predicted octanol–water partition coefficient (Wildman–Crippen LogP) is 1.75. The minimum Gasteiger partial charge on any atom is -0.480 e. The van der Waals surface area contributed by atoms with Crippen molar-refractivity contribution in [2.45, 2.75) is 26.8 Å². The van der Waals surface area contributed by atoms with Crippen molar-refractivity contribution in [3.8, 4) is 0 Å². The number of carboxylic acids is 1. The third-order valence-corrected chi connectivity index (χ3v) is 2.11. The van der Waals surface area contributed by atoms with Crippen LogP contribution in [-0.2, 0) is 4.79 Å². The van der Waals surface area contributed by atoms with Gasteiger partial charge in [0.2, 0.25) is 0 Å². The lowest BCUT2D eigenvalue weighted by atomic mass is 10.2. The summed E-state index contributed by atoms with van der Waals surface area (Å²) in [5.74, 6) is -0.801. The molecule has 0 saturated heterocycles. The Kier molecular flexibility index (Phi) is 2.22. The fourth-order valence-electron chi connectivity index (χ4n) is 1.04. The molecule has 0 aromatic carbocycles. The zero-order chi connectivity index (χ0) is 9.30. The summed E-state index contributed by atoms with van der Waals surface area (Å²) in [6, 6.07) is -0.475. The Labute approximate surface area is 71.6 Å². The van der Waals surface area contributed by atoms with E-state index in [1.165, 1.54) is 0 Å². The van der Waals surface area contributed by atoms with Gasteiger partial charge < -0.3 is 9.67 Å². The number of hydrogen-bond donors (Lipinski definition) is 1. The molecule has 0 saturated carbocycles. The molecular formula is C9H13NO2. The molecule has 1 aromatic rings. The van der Waals surface area contributed by atoms with Crippen molar-refractivity contribution >= 4 is 5.97 Å². The third-order valence-electron chi connectivity index (χ3n) is 2.11. The van der Waals surface area contributed by atoms with Crippen LogP contribution in [0, 0.1) is 13.8 Å². The second-order valence-corrected chi connectivity index (χ2v) is 3.09. The third kappa shape index (κ3) is 1.49. The number of aliphatic carboxylic acids is 1. The highest BCUT2D eigenvalue weighted by Gasteiger charge is 2.12. The van der Waals surface area contributed by atoms with Gasteiger partial charge in [-0.25, -0.2) is 4.79 Å². The van der Waals surface area contributed by atoms with Crippen LogP contribution < -0.4 is 0 Å². The van der Waals surface area contributed by atoms with E-state index in [9.17, 15) is 4.79 Å². The number of hydrogen-bond acceptors (Lipinski definition) is 1. The highest BCUT2D eigenvalue weighted by atomic mass is 16.4. The Balaban J connectivity index is 2.96. The maximum absolute atomic E-state index is 10.6. The molecule has 1 heterocycles. The summed E-state index contributed by atoms with van der Waals surface area (Å²) < 4.78 is 1.72. The molecule has 1 atom stereocenters. The summed E-state index contributed by atoms with van der Waals surface area (Å²) in [5, 5.41) is 8.71. The lowest BCUT2D eigenvalue weighted by Gasteiger charge is -2.06. The average Bonchev–Trinajstić information content (AvgIpc) is 2.30. The molecular weight excluding hydrogens is 154 g/mol. The average molecular weight is 167 g/mol. The van der Waals surface area contributed by atoms with Crippen LogP contribution in [0.2, 0.25) is 0 Å². The Morgan fingerprint density at radius 1 is 1.42 bits per heavy atom. The fraction of sp³-hybridized carbons (Fsp3) is 0.444. The van der Waals surface area contributed by atoms with Crippen LogP contribution in [0.5, 0.6) is 0 Å². The van der Waals surface area contributed by atoms with Crippen LogP contribution in [0.1, 0.15) is 24.1 Å². The van der Waals surface area contributed by atoms with Crippen molar-refractivity contribution in [2.75, 3.05) is 0 Å². The van der Waals surface area contributed by atoms with E-state index in [1.807, 2.05) is 26.2 Å². The highest BCUT2D eigenvalue weighted by Crippen LogP contribution is 2.13. The summed E-state index contributed by atoms with van der Waals surface area (Å²) in [6.07, 6.45) is 3.71. The molecule has 66 valence electrons. The minimum atomic E-state index is -0.801. The Morgan fingerprint density at radius 2 is 1.83 bits per heavy atom.